The van der Waals surface area contributed by atoms with Gasteiger partial charge in [-0.15, -0.1) is 0 Å². The molecule has 0 aliphatic carbocycles. The maximum absolute atomic E-state index is 13.2. The Bertz CT molecular complexity index is 567. The van der Waals surface area contributed by atoms with Crippen molar-refractivity contribution in [2.24, 2.45) is 11.3 Å². The van der Waals surface area contributed by atoms with Crippen LogP contribution in [0.15, 0.2) is 30.3 Å². The minimum absolute atomic E-state index is 0.0467. The molecule has 0 aromatic heterocycles. The summed E-state index contributed by atoms with van der Waals surface area (Å²) in [5.74, 6) is -0.645. The van der Waals surface area contributed by atoms with E-state index in [0.717, 1.165) is 44.1 Å². The molecule has 0 N–H and O–H groups in total. The zero-order valence-electron chi connectivity index (χ0n) is 18.2. The Morgan fingerprint density at radius 1 is 0.893 bits per heavy atom. The van der Waals surface area contributed by atoms with Crippen molar-refractivity contribution in [1.82, 2.24) is 0 Å². The Labute approximate surface area is 171 Å². The molecular formula is C24H38O4. The molecule has 0 fully saturated rings. The van der Waals surface area contributed by atoms with Gasteiger partial charge in [0.15, 0.2) is 0 Å². The zero-order chi connectivity index (χ0) is 20.8. The molecule has 0 heterocycles. The number of ether oxygens (including phenoxy) is 2. The number of carbonyl (C=O) groups is 2. The van der Waals surface area contributed by atoms with Crippen molar-refractivity contribution < 1.29 is 19.1 Å². The van der Waals surface area contributed by atoms with Crippen molar-refractivity contribution in [2.45, 2.75) is 79.1 Å². The Hall–Kier alpha value is -1.84. The number of esters is 2. The van der Waals surface area contributed by atoms with Crippen molar-refractivity contribution in [1.29, 1.82) is 0 Å². The van der Waals surface area contributed by atoms with E-state index in [4.69, 9.17) is 9.47 Å². The number of hydrogen-bond donors (Lipinski definition) is 0. The van der Waals surface area contributed by atoms with Gasteiger partial charge in [0.1, 0.15) is 0 Å². The largest absolute Gasteiger partial charge is 0.466 e. The van der Waals surface area contributed by atoms with Gasteiger partial charge in [-0.2, -0.15) is 0 Å². The lowest BCUT2D eigenvalue weighted by Crippen LogP contribution is -2.42. The SMILES string of the molecule is CCCCCOC(=O)CC(Cc1ccccc1)(C(=O)OCCCCC)C(C)C. The molecule has 1 aromatic carbocycles. The summed E-state index contributed by atoms with van der Waals surface area (Å²) >= 11 is 0. The van der Waals surface area contributed by atoms with Crippen LogP contribution < -0.4 is 0 Å². The van der Waals surface area contributed by atoms with E-state index < -0.39 is 5.41 Å². The fourth-order valence-corrected chi connectivity index (χ4v) is 3.32. The second-order valence-corrected chi connectivity index (χ2v) is 7.92. The van der Waals surface area contributed by atoms with Gasteiger partial charge in [0.25, 0.3) is 0 Å². The average Bonchev–Trinajstić information content (AvgIpc) is 2.68. The van der Waals surface area contributed by atoms with Crippen LogP contribution in [0.1, 0.15) is 78.2 Å². The van der Waals surface area contributed by atoms with Gasteiger partial charge in [-0.25, -0.2) is 0 Å². The monoisotopic (exact) mass is 390 g/mol. The van der Waals surface area contributed by atoms with Crippen LogP contribution in [0.2, 0.25) is 0 Å². The van der Waals surface area contributed by atoms with Crippen LogP contribution in [0.25, 0.3) is 0 Å². The highest BCUT2D eigenvalue weighted by atomic mass is 16.5. The van der Waals surface area contributed by atoms with Gasteiger partial charge in [0, 0.05) is 0 Å². The Kier molecular flexibility index (Phi) is 11.5. The summed E-state index contributed by atoms with van der Waals surface area (Å²) in [4.78, 5) is 25.7. The molecule has 0 aliphatic heterocycles. The molecule has 28 heavy (non-hydrogen) atoms. The molecule has 158 valence electrons. The van der Waals surface area contributed by atoms with Gasteiger partial charge in [0.2, 0.25) is 0 Å². The van der Waals surface area contributed by atoms with E-state index in [0.29, 0.717) is 19.6 Å². The molecule has 1 atom stereocenters. The first-order chi connectivity index (χ1) is 13.5. The molecule has 4 nitrogen and oxygen atoms in total. The van der Waals surface area contributed by atoms with Crippen LogP contribution in [-0.2, 0) is 25.5 Å². The van der Waals surface area contributed by atoms with Crippen LogP contribution in [0.4, 0.5) is 0 Å². The number of carbonyl (C=O) groups excluding carboxylic acids is 2. The van der Waals surface area contributed by atoms with Gasteiger partial charge in [-0.05, 0) is 30.7 Å². The third-order valence-corrected chi connectivity index (χ3v) is 5.33. The zero-order valence-corrected chi connectivity index (χ0v) is 18.2. The fourth-order valence-electron chi connectivity index (χ4n) is 3.32. The van der Waals surface area contributed by atoms with E-state index in [1.807, 2.05) is 44.2 Å². The molecular weight excluding hydrogens is 352 g/mol. The molecule has 0 saturated carbocycles. The minimum Gasteiger partial charge on any atom is -0.466 e. The van der Waals surface area contributed by atoms with Crippen molar-refractivity contribution in [2.75, 3.05) is 13.2 Å². The smallest absolute Gasteiger partial charge is 0.313 e. The maximum atomic E-state index is 13.2. The van der Waals surface area contributed by atoms with Crippen molar-refractivity contribution >= 4 is 11.9 Å². The third-order valence-electron chi connectivity index (χ3n) is 5.33. The van der Waals surface area contributed by atoms with Crippen LogP contribution >= 0.6 is 0 Å². The molecule has 0 bridgehead atoms. The molecule has 0 aliphatic rings. The summed E-state index contributed by atoms with van der Waals surface area (Å²) in [7, 11) is 0. The molecule has 0 saturated heterocycles. The number of benzene rings is 1. The lowest BCUT2D eigenvalue weighted by molar-refractivity contribution is -0.166. The van der Waals surface area contributed by atoms with E-state index in [-0.39, 0.29) is 24.3 Å². The summed E-state index contributed by atoms with van der Waals surface area (Å²) in [5, 5.41) is 0. The molecule has 0 radical (unpaired) electrons. The Balaban J connectivity index is 2.94. The van der Waals surface area contributed by atoms with Crippen molar-refractivity contribution in [3.05, 3.63) is 35.9 Å². The number of rotatable bonds is 14. The van der Waals surface area contributed by atoms with Gasteiger partial charge < -0.3 is 9.47 Å². The van der Waals surface area contributed by atoms with Crippen LogP contribution in [-0.4, -0.2) is 25.2 Å². The van der Waals surface area contributed by atoms with Crippen molar-refractivity contribution in [3.8, 4) is 0 Å². The van der Waals surface area contributed by atoms with E-state index in [2.05, 4.69) is 13.8 Å². The topological polar surface area (TPSA) is 52.6 Å². The lowest BCUT2D eigenvalue weighted by Gasteiger charge is -2.34. The molecule has 0 spiro atoms. The quantitative estimate of drug-likeness (QED) is 0.301. The highest BCUT2D eigenvalue weighted by Crippen LogP contribution is 2.38. The minimum atomic E-state index is -0.907. The third kappa shape index (κ3) is 8.04. The highest BCUT2D eigenvalue weighted by Gasteiger charge is 2.45. The molecule has 1 aromatic rings. The number of hydrogen-bond acceptors (Lipinski definition) is 4. The average molecular weight is 391 g/mol. The van der Waals surface area contributed by atoms with Gasteiger partial charge in [0.05, 0.1) is 25.0 Å². The van der Waals surface area contributed by atoms with Crippen LogP contribution in [0.5, 0.6) is 0 Å². The second kappa shape index (κ2) is 13.4. The predicted molar refractivity (Wildman–Crippen MR) is 113 cm³/mol. The first kappa shape index (κ1) is 24.2. The van der Waals surface area contributed by atoms with Crippen molar-refractivity contribution in [3.63, 3.8) is 0 Å². The predicted octanol–water partition coefficient (Wildman–Crippen LogP) is 5.73. The lowest BCUT2D eigenvalue weighted by atomic mass is 9.70. The summed E-state index contributed by atoms with van der Waals surface area (Å²) in [6, 6.07) is 9.85. The normalized spacial score (nSPS) is 13.2. The first-order valence-electron chi connectivity index (χ1n) is 10.8. The fraction of sp³-hybridized carbons (Fsp3) is 0.667. The van der Waals surface area contributed by atoms with E-state index >= 15 is 0 Å². The van der Waals surface area contributed by atoms with Gasteiger partial charge >= 0.3 is 11.9 Å². The Morgan fingerprint density at radius 3 is 2.00 bits per heavy atom. The molecule has 0 amide bonds. The second-order valence-electron chi connectivity index (χ2n) is 7.92. The van der Waals surface area contributed by atoms with Gasteiger partial charge in [-0.3, -0.25) is 9.59 Å². The van der Waals surface area contributed by atoms with E-state index in [1.165, 1.54) is 0 Å². The summed E-state index contributed by atoms with van der Waals surface area (Å²) in [5.41, 5.74) is 0.121. The molecule has 1 unspecified atom stereocenters. The standard InChI is InChI=1S/C24H38O4/c1-5-7-12-16-27-22(25)19-24(20(3)4,18-21-14-10-9-11-15-21)23(26)28-17-13-8-6-2/h9-11,14-15,20H,5-8,12-13,16-19H2,1-4H3. The Morgan fingerprint density at radius 2 is 1.46 bits per heavy atom. The van der Waals surface area contributed by atoms with Crippen LogP contribution in [0, 0.1) is 11.3 Å². The number of unbranched alkanes of at least 4 members (excludes halogenated alkanes) is 4. The van der Waals surface area contributed by atoms with E-state index in [1.54, 1.807) is 0 Å². The van der Waals surface area contributed by atoms with E-state index in [9.17, 15) is 9.59 Å². The summed E-state index contributed by atoms with van der Waals surface area (Å²) < 4.78 is 11.1. The van der Waals surface area contributed by atoms with Gasteiger partial charge in [-0.1, -0.05) is 83.7 Å². The maximum Gasteiger partial charge on any atom is 0.313 e. The molecule has 1 rings (SSSR count). The highest BCUT2D eigenvalue weighted by molar-refractivity contribution is 5.84. The first-order valence-corrected chi connectivity index (χ1v) is 10.8. The van der Waals surface area contributed by atoms with Crippen LogP contribution in [0.3, 0.4) is 0 Å². The summed E-state index contributed by atoms with van der Waals surface area (Å²) in [6.45, 7) is 9.02. The summed E-state index contributed by atoms with van der Waals surface area (Å²) in [6.07, 6.45) is 6.44. The molecule has 4 heteroatoms.